The fourth-order valence-corrected chi connectivity index (χ4v) is 2.12. The van der Waals surface area contributed by atoms with Crippen LogP contribution in [0.2, 0.25) is 0 Å². The first kappa shape index (κ1) is 13.1. The van der Waals surface area contributed by atoms with Crippen molar-refractivity contribution in [3.63, 3.8) is 0 Å². The van der Waals surface area contributed by atoms with Gasteiger partial charge in [0.15, 0.2) is 17.6 Å². The van der Waals surface area contributed by atoms with Gasteiger partial charge in [-0.05, 0) is 6.07 Å². The number of cyclic esters (lactones) is 1. The van der Waals surface area contributed by atoms with E-state index in [0.717, 1.165) is 0 Å². The molecule has 2 rings (SSSR count). The van der Waals surface area contributed by atoms with E-state index in [2.05, 4.69) is 0 Å². The van der Waals surface area contributed by atoms with Crippen molar-refractivity contribution in [2.24, 2.45) is 0 Å². The molecule has 0 amide bonds. The highest BCUT2D eigenvalue weighted by Crippen LogP contribution is 2.45. The molecule has 0 fully saturated rings. The molecular formula is C12H10Cl2O4. The molecule has 1 aliphatic heterocycles. The van der Waals surface area contributed by atoms with Gasteiger partial charge in [0.2, 0.25) is 0 Å². The molecule has 0 N–H and O–H groups in total. The fourth-order valence-electron chi connectivity index (χ4n) is 1.74. The third-order valence-corrected chi connectivity index (χ3v) is 3.40. The third kappa shape index (κ3) is 2.02. The zero-order valence-electron chi connectivity index (χ0n) is 9.70. The number of carbonyl (C=O) groups excluding carboxylic acids is 1. The van der Waals surface area contributed by atoms with Crippen LogP contribution in [0.5, 0.6) is 11.5 Å². The number of benzene rings is 1. The average Bonchev–Trinajstić information content (AvgIpc) is 2.65. The first-order valence-electron chi connectivity index (χ1n) is 5.07. The van der Waals surface area contributed by atoms with Gasteiger partial charge in [0, 0.05) is 5.56 Å². The molecule has 0 bridgehead atoms. The van der Waals surface area contributed by atoms with Crippen molar-refractivity contribution in [3.8, 4) is 11.5 Å². The van der Waals surface area contributed by atoms with E-state index < -0.39 is 12.1 Å². The lowest BCUT2D eigenvalue weighted by atomic mass is 10.1. The smallest absolute Gasteiger partial charge is 0.352 e. The number of hydrogen-bond donors (Lipinski definition) is 0. The summed E-state index contributed by atoms with van der Waals surface area (Å²) in [4.78, 5) is 11.4. The molecule has 1 aliphatic rings. The van der Waals surface area contributed by atoms with Crippen LogP contribution in [-0.2, 0) is 9.53 Å². The number of hydrogen-bond acceptors (Lipinski definition) is 4. The summed E-state index contributed by atoms with van der Waals surface area (Å²) >= 11 is 11.7. The topological polar surface area (TPSA) is 44.8 Å². The van der Waals surface area contributed by atoms with E-state index in [9.17, 15) is 4.79 Å². The van der Waals surface area contributed by atoms with Gasteiger partial charge in [0.05, 0.1) is 19.3 Å². The molecule has 1 heterocycles. The van der Waals surface area contributed by atoms with Crippen molar-refractivity contribution in [2.75, 3.05) is 14.2 Å². The SMILES string of the molecule is COc1cccc(C2OC(=O)C(Cl)=C2Cl)c1OC. The number of ether oxygens (including phenoxy) is 3. The third-order valence-electron chi connectivity index (χ3n) is 2.56. The lowest BCUT2D eigenvalue weighted by Crippen LogP contribution is -2.05. The Labute approximate surface area is 114 Å². The van der Waals surface area contributed by atoms with Crippen LogP contribution in [0.25, 0.3) is 0 Å². The molecule has 0 radical (unpaired) electrons. The molecule has 18 heavy (non-hydrogen) atoms. The Kier molecular flexibility index (Phi) is 3.68. The number of methoxy groups -OCH3 is 2. The molecule has 0 aliphatic carbocycles. The Balaban J connectivity index is 2.50. The van der Waals surface area contributed by atoms with Gasteiger partial charge in [-0.25, -0.2) is 4.79 Å². The van der Waals surface area contributed by atoms with E-state index in [1.165, 1.54) is 14.2 Å². The van der Waals surface area contributed by atoms with E-state index in [-0.39, 0.29) is 10.1 Å². The van der Waals surface area contributed by atoms with Crippen LogP contribution in [0.15, 0.2) is 28.3 Å². The summed E-state index contributed by atoms with van der Waals surface area (Å²) in [5.41, 5.74) is 0.589. The molecule has 4 nitrogen and oxygen atoms in total. The Morgan fingerprint density at radius 1 is 1.22 bits per heavy atom. The summed E-state index contributed by atoms with van der Waals surface area (Å²) < 4.78 is 15.5. The standard InChI is InChI=1S/C12H10Cl2O4/c1-16-7-5-3-4-6(10(7)17-2)11-8(13)9(14)12(15)18-11/h3-5,11H,1-2H3. The van der Waals surface area contributed by atoms with Crippen molar-refractivity contribution in [1.82, 2.24) is 0 Å². The lowest BCUT2D eigenvalue weighted by molar-refractivity contribution is -0.139. The molecule has 96 valence electrons. The molecule has 0 aromatic heterocycles. The van der Waals surface area contributed by atoms with Crippen LogP contribution in [0.1, 0.15) is 11.7 Å². The highest BCUT2D eigenvalue weighted by atomic mass is 35.5. The molecule has 1 atom stereocenters. The minimum atomic E-state index is -0.753. The Hall–Kier alpha value is -1.39. The fraction of sp³-hybridized carbons (Fsp3) is 0.250. The second-order valence-corrected chi connectivity index (χ2v) is 4.32. The number of rotatable bonds is 3. The predicted molar refractivity (Wildman–Crippen MR) is 67.1 cm³/mol. The number of esters is 1. The van der Waals surface area contributed by atoms with Crippen molar-refractivity contribution >= 4 is 29.2 Å². The zero-order valence-corrected chi connectivity index (χ0v) is 11.2. The predicted octanol–water partition coefficient (Wildman–Crippen LogP) is 2.99. The van der Waals surface area contributed by atoms with Gasteiger partial charge in [-0.1, -0.05) is 35.3 Å². The van der Waals surface area contributed by atoms with Gasteiger partial charge in [-0.3, -0.25) is 0 Å². The van der Waals surface area contributed by atoms with E-state index in [0.29, 0.717) is 17.1 Å². The average molecular weight is 289 g/mol. The minimum absolute atomic E-state index is 0.105. The molecule has 1 unspecified atom stereocenters. The molecule has 1 aromatic carbocycles. The van der Waals surface area contributed by atoms with Gasteiger partial charge in [0.25, 0.3) is 0 Å². The molecule has 6 heteroatoms. The van der Waals surface area contributed by atoms with E-state index >= 15 is 0 Å². The summed E-state index contributed by atoms with van der Waals surface area (Å²) in [6.45, 7) is 0. The van der Waals surface area contributed by atoms with Gasteiger partial charge in [-0.15, -0.1) is 0 Å². The van der Waals surface area contributed by atoms with Crippen LogP contribution in [0, 0.1) is 0 Å². The zero-order chi connectivity index (χ0) is 13.3. The molecule has 0 saturated carbocycles. The van der Waals surface area contributed by atoms with Crippen molar-refractivity contribution in [1.29, 1.82) is 0 Å². The lowest BCUT2D eigenvalue weighted by Gasteiger charge is -2.16. The summed E-state index contributed by atoms with van der Waals surface area (Å²) in [7, 11) is 3.02. The molecule has 1 aromatic rings. The Morgan fingerprint density at radius 3 is 2.44 bits per heavy atom. The summed E-state index contributed by atoms with van der Waals surface area (Å²) in [5.74, 6) is 0.345. The maximum Gasteiger partial charge on any atom is 0.352 e. The highest BCUT2D eigenvalue weighted by molar-refractivity contribution is 6.48. The van der Waals surface area contributed by atoms with Crippen LogP contribution in [0.3, 0.4) is 0 Å². The van der Waals surface area contributed by atoms with E-state index in [1.807, 2.05) is 0 Å². The molecular weight excluding hydrogens is 279 g/mol. The normalized spacial score (nSPS) is 18.9. The number of halogens is 2. The monoisotopic (exact) mass is 288 g/mol. The van der Waals surface area contributed by atoms with Crippen LogP contribution < -0.4 is 9.47 Å². The Bertz CT molecular complexity index is 525. The van der Waals surface area contributed by atoms with E-state index in [1.54, 1.807) is 18.2 Å². The van der Waals surface area contributed by atoms with Crippen LogP contribution in [-0.4, -0.2) is 20.2 Å². The largest absolute Gasteiger partial charge is 0.493 e. The minimum Gasteiger partial charge on any atom is -0.493 e. The van der Waals surface area contributed by atoms with Crippen molar-refractivity contribution in [3.05, 3.63) is 33.8 Å². The van der Waals surface area contributed by atoms with Gasteiger partial charge in [0.1, 0.15) is 5.03 Å². The van der Waals surface area contributed by atoms with E-state index in [4.69, 9.17) is 37.4 Å². The quantitative estimate of drug-likeness (QED) is 0.802. The molecule has 0 saturated heterocycles. The highest BCUT2D eigenvalue weighted by Gasteiger charge is 2.35. The Morgan fingerprint density at radius 2 is 1.94 bits per heavy atom. The number of para-hydroxylation sites is 1. The van der Waals surface area contributed by atoms with Crippen molar-refractivity contribution in [2.45, 2.75) is 6.10 Å². The van der Waals surface area contributed by atoms with Gasteiger partial charge < -0.3 is 14.2 Å². The number of carbonyl (C=O) groups is 1. The second-order valence-electron chi connectivity index (χ2n) is 3.53. The summed E-state index contributed by atoms with van der Waals surface area (Å²) in [5, 5.41) is 0.0414. The van der Waals surface area contributed by atoms with Gasteiger partial charge in [-0.2, -0.15) is 0 Å². The second kappa shape index (κ2) is 5.08. The first-order chi connectivity index (χ1) is 8.60. The first-order valence-corrected chi connectivity index (χ1v) is 5.82. The van der Waals surface area contributed by atoms with Crippen molar-refractivity contribution < 1.29 is 19.0 Å². The van der Waals surface area contributed by atoms with Crippen LogP contribution in [0.4, 0.5) is 0 Å². The summed E-state index contributed by atoms with van der Waals surface area (Å²) in [6, 6.07) is 5.22. The van der Waals surface area contributed by atoms with Gasteiger partial charge >= 0.3 is 5.97 Å². The molecule has 0 spiro atoms. The maximum atomic E-state index is 11.4. The maximum absolute atomic E-state index is 11.4. The summed E-state index contributed by atoms with van der Waals surface area (Å²) in [6.07, 6.45) is -0.753. The van der Waals surface area contributed by atoms with Crippen LogP contribution >= 0.6 is 23.2 Å².